The van der Waals surface area contributed by atoms with Gasteiger partial charge in [-0.25, -0.2) is 17.2 Å². The van der Waals surface area contributed by atoms with Gasteiger partial charge >= 0.3 is 0 Å². The molecular formula is C18H17ClF2N4O5S. The van der Waals surface area contributed by atoms with E-state index in [1.807, 2.05) is 0 Å². The number of nitro benzene ring substituents is 1. The van der Waals surface area contributed by atoms with Crippen molar-refractivity contribution in [1.29, 1.82) is 0 Å². The SMILES string of the molecule is O=C(CN1CCN(S(=O)(=O)c2ccc(F)c(F)c2)CC1)Nc1ccc([N+](=O)[O-])cc1Cl. The molecule has 0 saturated carbocycles. The molecule has 0 aliphatic carbocycles. The third-order valence-corrected chi connectivity index (χ3v) is 6.87. The van der Waals surface area contributed by atoms with E-state index in [0.717, 1.165) is 22.5 Å². The van der Waals surface area contributed by atoms with E-state index < -0.39 is 32.5 Å². The van der Waals surface area contributed by atoms with Crippen LogP contribution in [0.2, 0.25) is 5.02 Å². The van der Waals surface area contributed by atoms with Gasteiger partial charge in [-0.1, -0.05) is 11.6 Å². The number of nitro groups is 1. The molecule has 31 heavy (non-hydrogen) atoms. The predicted molar refractivity (Wildman–Crippen MR) is 108 cm³/mol. The minimum Gasteiger partial charge on any atom is -0.324 e. The van der Waals surface area contributed by atoms with Crippen molar-refractivity contribution in [2.45, 2.75) is 4.90 Å². The first-order valence-corrected chi connectivity index (χ1v) is 10.8. The Balaban J connectivity index is 1.56. The normalized spacial score (nSPS) is 15.6. The first-order chi connectivity index (χ1) is 14.6. The van der Waals surface area contributed by atoms with Gasteiger partial charge in [-0.05, 0) is 24.3 Å². The second-order valence-electron chi connectivity index (χ2n) is 6.73. The molecule has 0 bridgehead atoms. The third-order valence-electron chi connectivity index (χ3n) is 4.66. The largest absolute Gasteiger partial charge is 0.324 e. The number of carbonyl (C=O) groups excluding carboxylic acids is 1. The smallest absolute Gasteiger partial charge is 0.271 e. The molecule has 0 atom stereocenters. The molecular weight excluding hydrogens is 458 g/mol. The van der Waals surface area contributed by atoms with Crippen LogP contribution in [0.4, 0.5) is 20.2 Å². The van der Waals surface area contributed by atoms with Crippen LogP contribution in [0.3, 0.4) is 0 Å². The van der Waals surface area contributed by atoms with E-state index in [4.69, 9.17) is 11.6 Å². The maximum absolute atomic E-state index is 13.4. The number of nitrogens with zero attached hydrogens (tertiary/aromatic N) is 3. The van der Waals surface area contributed by atoms with Crippen LogP contribution in [0.1, 0.15) is 0 Å². The quantitative estimate of drug-likeness (QED) is 0.508. The lowest BCUT2D eigenvalue weighted by molar-refractivity contribution is -0.384. The molecule has 1 aliphatic heterocycles. The third kappa shape index (κ3) is 5.34. The summed E-state index contributed by atoms with van der Waals surface area (Å²) in [5.74, 6) is -2.81. The molecule has 2 aromatic carbocycles. The topological polar surface area (TPSA) is 113 Å². The number of rotatable bonds is 6. The van der Waals surface area contributed by atoms with Crippen LogP contribution in [0.25, 0.3) is 0 Å². The van der Waals surface area contributed by atoms with Gasteiger partial charge in [0.05, 0.1) is 27.1 Å². The number of non-ortho nitro benzene ring substituents is 1. The number of carbonyl (C=O) groups is 1. The fourth-order valence-electron chi connectivity index (χ4n) is 3.03. The minimum atomic E-state index is -3.99. The zero-order chi connectivity index (χ0) is 22.8. The van der Waals surface area contributed by atoms with Crippen LogP contribution in [0, 0.1) is 21.7 Å². The summed E-state index contributed by atoms with van der Waals surface area (Å²) in [5, 5.41) is 13.3. The van der Waals surface area contributed by atoms with Crippen molar-refractivity contribution >= 4 is 38.9 Å². The van der Waals surface area contributed by atoms with Crippen molar-refractivity contribution < 1.29 is 26.9 Å². The van der Waals surface area contributed by atoms with E-state index in [1.54, 1.807) is 4.90 Å². The Kier molecular flexibility index (Phi) is 6.84. The van der Waals surface area contributed by atoms with Crippen LogP contribution in [0.15, 0.2) is 41.3 Å². The van der Waals surface area contributed by atoms with Gasteiger partial charge in [0.15, 0.2) is 11.6 Å². The maximum atomic E-state index is 13.4. The number of amides is 1. The monoisotopic (exact) mass is 474 g/mol. The first kappa shape index (κ1) is 23.0. The Bertz CT molecular complexity index is 1120. The summed E-state index contributed by atoms with van der Waals surface area (Å²) in [6.07, 6.45) is 0. The molecule has 0 spiro atoms. The summed E-state index contributed by atoms with van der Waals surface area (Å²) in [5.41, 5.74) is 0.0122. The highest BCUT2D eigenvalue weighted by molar-refractivity contribution is 7.89. The number of benzene rings is 2. The second-order valence-corrected chi connectivity index (χ2v) is 9.07. The average Bonchev–Trinajstić information content (AvgIpc) is 2.71. The molecule has 1 aliphatic rings. The molecule has 0 aromatic heterocycles. The van der Waals surface area contributed by atoms with E-state index in [2.05, 4.69) is 5.32 Å². The summed E-state index contributed by atoms with van der Waals surface area (Å²) in [6, 6.07) is 6.05. The molecule has 3 rings (SSSR count). The Morgan fingerprint density at radius 1 is 1.10 bits per heavy atom. The van der Waals surface area contributed by atoms with Crippen molar-refractivity contribution in [2.75, 3.05) is 38.0 Å². The number of anilines is 1. The fourth-order valence-corrected chi connectivity index (χ4v) is 4.68. The van der Waals surface area contributed by atoms with Gasteiger partial charge < -0.3 is 5.32 Å². The van der Waals surface area contributed by atoms with Crippen LogP contribution in [0.5, 0.6) is 0 Å². The molecule has 13 heteroatoms. The highest BCUT2D eigenvalue weighted by Gasteiger charge is 2.29. The van der Waals surface area contributed by atoms with E-state index in [0.29, 0.717) is 6.07 Å². The van der Waals surface area contributed by atoms with Gasteiger partial charge in [-0.15, -0.1) is 0 Å². The van der Waals surface area contributed by atoms with Crippen LogP contribution in [-0.2, 0) is 14.8 Å². The van der Waals surface area contributed by atoms with Crippen molar-refractivity contribution in [3.63, 3.8) is 0 Å². The lowest BCUT2D eigenvalue weighted by atomic mass is 10.2. The molecule has 1 N–H and O–H groups in total. The lowest BCUT2D eigenvalue weighted by Gasteiger charge is -2.33. The Labute approximate surface area is 181 Å². The molecule has 1 saturated heterocycles. The molecule has 1 fully saturated rings. The summed E-state index contributed by atoms with van der Waals surface area (Å²) >= 11 is 5.95. The van der Waals surface area contributed by atoms with E-state index in [1.165, 1.54) is 12.1 Å². The maximum Gasteiger partial charge on any atom is 0.271 e. The van der Waals surface area contributed by atoms with Gasteiger partial charge in [-0.2, -0.15) is 4.31 Å². The fraction of sp³-hybridized carbons (Fsp3) is 0.278. The molecule has 0 radical (unpaired) electrons. The Morgan fingerprint density at radius 2 is 1.77 bits per heavy atom. The molecule has 2 aromatic rings. The van der Waals surface area contributed by atoms with Crippen molar-refractivity contribution in [2.24, 2.45) is 0 Å². The second kappa shape index (κ2) is 9.22. The summed E-state index contributed by atoms with van der Waals surface area (Å²) < 4.78 is 52.8. The molecule has 1 heterocycles. The van der Waals surface area contributed by atoms with Gasteiger partial charge in [0.2, 0.25) is 15.9 Å². The van der Waals surface area contributed by atoms with Crippen molar-refractivity contribution in [1.82, 2.24) is 9.21 Å². The van der Waals surface area contributed by atoms with Gasteiger partial charge in [-0.3, -0.25) is 19.8 Å². The number of nitrogens with one attached hydrogen (secondary N) is 1. The number of halogens is 3. The zero-order valence-corrected chi connectivity index (χ0v) is 17.5. The van der Waals surface area contributed by atoms with Gasteiger partial charge in [0.25, 0.3) is 5.69 Å². The number of piperazine rings is 1. The highest BCUT2D eigenvalue weighted by Crippen LogP contribution is 2.26. The van der Waals surface area contributed by atoms with Crippen molar-refractivity contribution in [3.8, 4) is 0 Å². The van der Waals surface area contributed by atoms with Gasteiger partial charge in [0.1, 0.15) is 0 Å². The Morgan fingerprint density at radius 3 is 2.35 bits per heavy atom. The molecule has 9 nitrogen and oxygen atoms in total. The minimum absolute atomic E-state index is 0.0185. The number of hydrogen-bond donors (Lipinski definition) is 1. The molecule has 166 valence electrons. The van der Waals surface area contributed by atoms with Crippen molar-refractivity contribution in [3.05, 3.63) is 63.2 Å². The number of hydrogen-bond acceptors (Lipinski definition) is 6. The van der Waals surface area contributed by atoms with E-state index in [9.17, 15) is 32.1 Å². The summed E-state index contributed by atoms with van der Waals surface area (Å²) in [4.78, 5) is 23.8. The standard InChI is InChI=1S/C18H17ClF2N4O5S/c19-14-9-12(25(27)28)1-4-17(14)22-18(26)11-23-5-7-24(8-6-23)31(29,30)13-2-3-15(20)16(21)10-13/h1-4,9-10H,5-8,11H2,(H,22,26). The molecule has 1 amide bonds. The summed E-state index contributed by atoms with van der Waals surface area (Å²) in [6.45, 7) is 0.556. The first-order valence-electron chi connectivity index (χ1n) is 8.99. The van der Waals surface area contributed by atoms with Gasteiger partial charge in [0, 0.05) is 38.3 Å². The number of sulfonamides is 1. The highest BCUT2D eigenvalue weighted by atomic mass is 35.5. The summed E-state index contributed by atoms with van der Waals surface area (Å²) in [7, 11) is -3.99. The van der Waals surface area contributed by atoms with Crippen LogP contribution in [-0.4, -0.2) is 61.2 Å². The van der Waals surface area contributed by atoms with Crippen LogP contribution >= 0.6 is 11.6 Å². The Hall–Kier alpha value is -2.67. The predicted octanol–water partition coefficient (Wildman–Crippen LogP) is 2.47. The lowest BCUT2D eigenvalue weighted by Crippen LogP contribution is -2.50. The van der Waals surface area contributed by atoms with E-state index >= 15 is 0 Å². The average molecular weight is 475 g/mol. The zero-order valence-electron chi connectivity index (χ0n) is 15.9. The van der Waals surface area contributed by atoms with Crippen LogP contribution < -0.4 is 5.32 Å². The van der Waals surface area contributed by atoms with E-state index in [-0.39, 0.29) is 54.0 Å². The molecule has 0 unspecified atom stereocenters.